The molecule has 0 bridgehead atoms. The third kappa shape index (κ3) is 4.32. The summed E-state index contributed by atoms with van der Waals surface area (Å²) >= 11 is 0. The van der Waals surface area contributed by atoms with Crippen molar-refractivity contribution in [1.82, 2.24) is 16.0 Å². The van der Waals surface area contributed by atoms with Gasteiger partial charge in [-0.2, -0.15) is 5.26 Å². The van der Waals surface area contributed by atoms with Crippen molar-refractivity contribution in [2.24, 2.45) is 11.8 Å². The summed E-state index contributed by atoms with van der Waals surface area (Å²) in [6.07, 6.45) is 2.76. The van der Waals surface area contributed by atoms with Crippen molar-refractivity contribution in [1.29, 1.82) is 5.26 Å². The van der Waals surface area contributed by atoms with E-state index >= 15 is 0 Å². The molecule has 6 atom stereocenters. The van der Waals surface area contributed by atoms with Gasteiger partial charge in [-0.3, -0.25) is 9.59 Å². The van der Waals surface area contributed by atoms with E-state index in [0.29, 0.717) is 18.5 Å². The van der Waals surface area contributed by atoms with E-state index in [1.54, 1.807) is 6.92 Å². The van der Waals surface area contributed by atoms with Crippen molar-refractivity contribution in [2.45, 2.75) is 76.7 Å². The van der Waals surface area contributed by atoms with Gasteiger partial charge in [-0.25, -0.2) is 4.39 Å². The number of piperidine rings is 1. The molecule has 3 N–H and O–H groups in total. The molecule has 0 radical (unpaired) electrons. The van der Waals surface area contributed by atoms with Crippen LogP contribution in [0.3, 0.4) is 0 Å². The molecule has 6 nitrogen and oxygen atoms in total. The first-order valence-corrected chi connectivity index (χ1v) is 9.97. The van der Waals surface area contributed by atoms with Gasteiger partial charge in [-0.05, 0) is 46.0 Å². The maximum Gasteiger partial charge on any atom is 0.247 e. The van der Waals surface area contributed by atoms with E-state index in [1.165, 1.54) is 0 Å². The highest BCUT2D eigenvalue weighted by Crippen LogP contribution is 2.37. The zero-order valence-electron chi connectivity index (χ0n) is 16.1. The summed E-state index contributed by atoms with van der Waals surface area (Å²) in [4.78, 5) is 25.0. The molecule has 0 aromatic heterocycles. The lowest BCUT2D eigenvalue weighted by atomic mass is 9.74. The Kier molecular flexibility index (Phi) is 6.15. The molecule has 3 rings (SSSR count). The first kappa shape index (κ1) is 19.8. The highest BCUT2D eigenvalue weighted by molar-refractivity contribution is 6.00. The fourth-order valence-electron chi connectivity index (χ4n) is 4.72. The first-order chi connectivity index (χ1) is 12.9. The number of nitrogens with one attached hydrogen (secondary N) is 3. The van der Waals surface area contributed by atoms with Crippen LogP contribution in [0.15, 0.2) is 11.1 Å². The lowest BCUT2D eigenvalue weighted by Gasteiger charge is -2.40. The minimum absolute atomic E-state index is 0.0223. The molecule has 7 heteroatoms. The number of amides is 2. The van der Waals surface area contributed by atoms with Gasteiger partial charge in [0.2, 0.25) is 11.8 Å². The molecule has 3 aliphatic rings. The number of carbonyl (C=O) groups excluding carboxylic acids is 2. The number of nitriles is 1. The Morgan fingerprint density at radius 2 is 2.15 bits per heavy atom. The number of nitrogens with zero attached hydrogens (tertiary/aromatic N) is 1. The summed E-state index contributed by atoms with van der Waals surface area (Å²) in [6.45, 7) is 4.36. The van der Waals surface area contributed by atoms with Crippen molar-refractivity contribution in [3.8, 4) is 6.07 Å². The van der Waals surface area contributed by atoms with Crippen molar-refractivity contribution >= 4 is 11.8 Å². The number of alkyl halides is 1. The van der Waals surface area contributed by atoms with E-state index in [-0.39, 0.29) is 48.2 Å². The van der Waals surface area contributed by atoms with Gasteiger partial charge in [0.15, 0.2) is 0 Å². The molecule has 5 unspecified atom stereocenters. The number of hydrogen-bond acceptors (Lipinski definition) is 4. The largest absolute Gasteiger partial charge is 0.352 e. The van der Waals surface area contributed by atoms with E-state index in [1.807, 2.05) is 6.92 Å². The number of hydrogen-bond donors (Lipinski definition) is 3. The van der Waals surface area contributed by atoms with Crippen LogP contribution >= 0.6 is 0 Å². The van der Waals surface area contributed by atoms with Gasteiger partial charge in [0.05, 0.1) is 18.4 Å². The number of carbonyl (C=O) groups is 2. The Balaban J connectivity index is 1.60. The molecule has 1 saturated heterocycles. The summed E-state index contributed by atoms with van der Waals surface area (Å²) in [5, 5.41) is 18.1. The summed E-state index contributed by atoms with van der Waals surface area (Å²) < 4.78 is 14.4. The molecule has 0 spiro atoms. The maximum atomic E-state index is 14.4. The van der Waals surface area contributed by atoms with Crippen LogP contribution in [0.25, 0.3) is 0 Å². The second-order valence-corrected chi connectivity index (χ2v) is 8.17. The van der Waals surface area contributed by atoms with Crippen LogP contribution in [0, 0.1) is 23.2 Å². The smallest absolute Gasteiger partial charge is 0.247 e. The summed E-state index contributed by atoms with van der Waals surface area (Å²) in [6, 6.07) is 2.14. The normalized spacial score (nSPS) is 34.9. The Bertz CT molecular complexity index is 663. The van der Waals surface area contributed by atoms with Crippen LogP contribution in [0.5, 0.6) is 0 Å². The van der Waals surface area contributed by atoms with Crippen molar-refractivity contribution in [3.05, 3.63) is 11.1 Å². The summed E-state index contributed by atoms with van der Waals surface area (Å²) in [7, 11) is 0. The molecular weight excluding hydrogens is 347 g/mol. The third-order valence-corrected chi connectivity index (χ3v) is 6.35. The van der Waals surface area contributed by atoms with Gasteiger partial charge < -0.3 is 16.0 Å². The SMILES string of the molecule is CC1=C(CC(=O)N[C@H](C)C2CCC(C#N)CN2)C(=O)NC2CCCC(F)C12. The van der Waals surface area contributed by atoms with Crippen molar-refractivity contribution in [2.75, 3.05) is 6.54 Å². The molecule has 2 heterocycles. The monoisotopic (exact) mass is 376 g/mol. The summed E-state index contributed by atoms with van der Waals surface area (Å²) in [5.41, 5.74) is 1.14. The van der Waals surface area contributed by atoms with Gasteiger partial charge in [-0.15, -0.1) is 0 Å². The Morgan fingerprint density at radius 1 is 1.37 bits per heavy atom. The molecular formula is C20H29FN4O2. The molecule has 0 aromatic carbocycles. The van der Waals surface area contributed by atoms with Crippen LogP contribution in [-0.2, 0) is 9.59 Å². The van der Waals surface area contributed by atoms with E-state index in [2.05, 4.69) is 22.0 Å². The zero-order valence-corrected chi connectivity index (χ0v) is 16.1. The number of fused-ring (bicyclic) bond motifs is 1. The minimum Gasteiger partial charge on any atom is -0.352 e. The molecule has 148 valence electrons. The third-order valence-electron chi connectivity index (χ3n) is 6.35. The molecule has 2 aliphatic heterocycles. The average molecular weight is 376 g/mol. The fraction of sp³-hybridized carbons (Fsp3) is 0.750. The minimum atomic E-state index is -0.958. The standard InChI is InChI=1S/C20H29FN4O2/c1-11-14(20(27)25-17-5-3-4-15(21)19(11)17)8-18(26)24-12(2)16-7-6-13(9-22)10-23-16/h12-13,15-17,19,23H,3-8,10H2,1-2H3,(H,24,26)(H,25,27)/t12-,13?,15?,16?,17?,19?/m1/s1. The maximum absolute atomic E-state index is 14.4. The van der Waals surface area contributed by atoms with Gasteiger partial charge in [0, 0.05) is 36.2 Å². The van der Waals surface area contributed by atoms with Gasteiger partial charge >= 0.3 is 0 Å². The quantitative estimate of drug-likeness (QED) is 0.696. The van der Waals surface area contributed by atoms with E-state index in [0.717, 1.165) is 31.3 Å². The molecule has 2 fully saturated rings. The molecule has 2 amide bonds. The van der Waals surface area contributed by atoms with E-state index in [4.69, 9.17) is 5.26 Å². The predicted octanol–water partition coefficient (Wildman–Crippen LogP) is 1.73. The van der Waals surface area contributed by atoms with Crippen LogP contribution in [0.2, 0.25) is 0 Å². The Hall–Kier alpha value is -1.94. The van der Waals surface area contributed by atoms with Gasteiger partial charge in [0.1, 0.15) is 6.17 Å². The second kappa shape index (κ2) is 8.39. The van der Waals surface area contributed by atoms with E-state index in [9.17, 15) is 14.0 Å². The lowest BCUT2D eigenvalue weighted by Crippen LogP contribution is -2.53. The van der Waals surface area contributed by atoms with Gasteiger partial charge in [0.25, 0.3) is 0 Å². The Labute approximate surface area is 159 Å². The highest BCUT2D eigenvalue weighted by atomic mass is 19.1. The number of halogens is 1. The van der Waals surface area contributed by atoms with Crippen molar-refractivity contribution < 1.29 is 14.0 Å². The highest BCUT2D eigenvalue weighted by Gasteiger charge is 2.41. The molecule has 0 aromatic rings. The van der Waals surface area contributed by atoms with Crippen LogP contribution < -0.4 is 16.0 Å². The Morgan fingerprint density at radius 3 is 2.81 bits per heavy atom. The van der Waals surface area contributed by atoms with Crippen LogP contribution in [0.1, 0.15) is 52.4 Å². The fourth-order valence-corrected chi connectivity index (χ4v) is 4.72. The average Bonchev–Trinajstić information content (AvgIpc) is 2.65. The van der Waals surface area contributed by atoms with Crippen LogP contribution in [0.4, 0.5) is 4.39 Å². The lowest BCUT2D eigenvalue weighted by molar-refractivity contribution is -0.125. The molecule has 27 heavy (non-hydrogen) atoms. The first-order valence-electron chi connectivity index (χ1n) is 9.97. The van der Waals surface area contributed by atoms with E-state index < -0.39 is 6.17 Å². The van der Waals surface area contributed by atoms with Crippen molar-refractivity contribution in [3.63, 3.8) is 0 Å². The predicted molar refractivity (Wildman–Crippen MR) is 99.2 cm³/mol. The van der Waals surface area contributed by atoms with Gasteiger partial charge in [-0.1, -0.05) is 5.57 Å². The van der Waals surface area contributed by atoms with Crippen LogP contribution in [-0.4, -0.2) is 42.7 Å². The number of rotatable bonds is 4. The topological polar surface area (TPSA) is 94.0 Å². The zero-order chi connectivity index (χ0) is 19.6. The molecule has 1 saturated carbocycles. The summed E-state index contributed by atoms with van der Waals surface area (Å²) in [5.74, 6) is -0.737. The molecule has 1 aliphatic carbocycles. The second-order valence-electron chi connectivity index (χ2n) is 8.17.